The lowest BCUT2D eigenvalue weighted by molar-refractivity contribution is -0.136. The molecule has 3 nitrogen and oxygen atoms in total. The summed E-state index contributed by atoms with van der Waals surface area (Å²) in [6.45, 7) is 3.82. The third kappa shape index (κ3) is 4.41. The molecule has 0 heterocycles. The minimum atomic E-state index is -0.578. The van der Waals surface area contributed by atoms with Crippen LogP contribution in [0.2, 0.25) is 15.1 Å². The van der Waals surface area contributed by atoms with Crippen molar-refractivity contribution in [1.29, 1.82) is 0 Å². The van der Waals surface area contributed by atoms with Gasteiger partial charge in [0.15, 0.2) is 0 Å². The van der Waals surface area contributed by atoms with Gasteiger partial charge in [-0.1, -0.05) is 53.5 Å². The number of benzene rings is 2. The molecular formula is C17H14Cl3NO2. The van der Waals surface area contributed by atoms with Gasteiger partial charge >= 0.3 is 5.97 Å². The first-order valence-corrected chi connectivity index (χ1v) is 7.80. The maximum absolute atomic E-state index is 11.9. The smallest absolute Gasteiger partial charge is 0.335 e. The highest BCUT2D eigenvalue weighted by molar-refractivity contribution is 6.35. The summed E-state index contributed by atoms with van der Waals surface area (Å²) in [7, 11) is 1.30. The van der Waals surface area contributed by atoms with Crippen molar-refractivity contribution in [3.8, 4) is 0 Å². The van der Waals surface area contributed by atoms with Crippen molar-refractivity contribution in [3.05, 3.63) is 75.2 Å². The highest BCUT2D eigenvalue weighted by Crippen LogP contribution is 2.33. The van der Waals surface area contributed by atoms with Crippen LogP contribution in [0.1, 0.15) is 11.6 Å². The number of rotatable bonds is 5. The van der Waals surface area contributed by atoms with E-state index in [9.17, 15) is 4.79 Å². The lowest BCUT2D eigenvalue weighted by atomic mass is 9.99. The quantitative estimate of drug-likeness (QED) is 0.555. The summed E-state index contributed by atoms with van der Waals surface area (Å²) in [4.78, 5) is 11.9. The fraction of sp³-hybridized carbons (Fsp3) is 0.118. The summed E-state index contributed by atoms with van der Waals surface area (Å²) in [5.74, 6) is -0.532. The highest BCUT2D eigenvalue weighted by atomic mass is 35.5. The van der Waals surface area contributed by atoms with Crippen LogP contribution in [-0.2, 0) is 9.53 Å². The van der Waals surface area contributed by atoms with Gasteiger partial charge in [-0.15, -0.1) is 0 Å². The van der Waals surface area contributed by atoms with Crippen LogP contribution in [0.4, 0.5) is 5.69 Å². The number of methoxy groups -OCH3 is 1. The molecule has 0 aliphatic carbocycles. The van der Waals surface area contributed by atoms with E-state index in [1.807, 2.05) is 6.07 Å². The van der Waals surface area contributed by atoms with Crippen molar-refractivity contribution < 1.29 is 9.53 Å². The highest BCUT2D eigenvalue weighted by Gasteiger charge is 2.24. The first-order chi connectivity index (χ1) is 10.9. The molecule has 0 saturated heterocycles. The SMILES string of the molecule is C=C(C(=O)OC)C(Nc1cccc(Cl)c1)c1ccc(Cl)cc1Cl. The molecule has 23 heavy (non-hydrogen) atoms. The van der Waals surface area contributed by atoms with E-state index in [-0.39, 0.29) is 5.57 Å². The van der Waals surface area contributed by atoms with Crippen LogP contribution in [0.15, 0.2) is 54.6 Å². The van der Waals surface area contributed by atoms with Gasteiger partial charge in [-0.05, 0) is 35.9 Å². The molecule has 0 saturated carbocycles. The van der Waals surface area contributed by atoms with Crippen LogP contribution in [0.25, 0.3) is 0 Å². The molecule has 1 atom stereocenters. The van der Waals surface area contributed by atoms with Crippen molar-refractivity contribution in [2.45, 2.75) is 6.04 Å². The molecule has 6 heteroatoms. The van der Waals surface area contributed by atoms with E-state index in [0.717, 1.165) is 5.69 Å². The van der Waals surface area contributed by atoms with Gasteiger partial charge in [0.25, 0.3) is 0 Å². The van der Waals surface area contributed by atoms with Gasteiger partial charge in [-0.25, -0.2) is 4.79 Å². The summed E-state index contributed by atoms with van der Waals surface area (Å²) in [5.41, 5.74) is 1.60. The first kappa shape index (κ1) is 17.7. The van der Waals surface area contributed by atoms with Crippen LogP contribution in [-0.4, -0.2) is 13.1 Å². The van der Waals surface area contributed by atoms with Gasteiger partial charge in [0, 0.05) is 20.8 Å². The number of carbonyl (C=O) groups excluding carboxylic acids is 1. The van der Waals surface area contributed by atoms with E-state index in [1.165, 1.54) is 7.11 Å². The van der Waals surface area contributed by atoms with E-state index in [0.29, 0.717) is 20.6 Å². The van der Waals surface area contributed by atoms with Crippen molar-refractivity contribution in [2.75, 3.05) is 12.4 Å². The fourth-order valence-corrected chi connectivity index (χ4v) is 2.79. The van der Waals surface area contributed by atoms with E-state index in [1.54, 1.807) is 36.4 Å². The molecule has 2 aromatic carbocycles. The normalized spacial score (nSPS) is 11.7. The van der Waals surface area contributed by atoms with Gasteiger partial charge in [0.1, 0.15) is 0 Å². The second kappa shape index (κ2) is 7.73. The first-order valence-electron chi connectivity index (χ1n) is 6.66. The Bertz CT molecular complexity index is 746. The Morgan fingerprint density at radius 1 is 1.13 bits per heavy atom. The maximum atomic E-state index is 11.9. The average Bonchev–Trinajstić information content (AvgIpc) is 2.52. The summed E-state index contributed by atoms with van der Waals surface area (Å²) < 4.78 is 4.77. The van der Waals surface area contributed by atoms with Crippen molar-refractivity contribution in [1.82, 2.24) is 0 Å². The van der Waals surface area contributed by atoms with Crippen LogP contribution in [0.3, 0.4) is 0 Å². The number of ether oxygens (including phenoxy) is 1. The number of halogens is 3. The summed E-state index contributed by atoms with van der Waals surface area (Å²) in [5, 5.41) is 4.69. The van der Waals surface area contributed by atoms with Crippen LogP contribution < -0.4 is 5.32 Å². The minimum Gasteiger partial charge on any atom is -0.466 e. The third-order valence-corrected chi connectivity index (χ3v) is 4.00. The van der Waals surface area contributed by atoms with E-state index < -0.39 is 12.0 Å². The topological polar surface area (TPSA) is 38.3 Å². The zero-order valence-corrected chi connectivity index (χ0v) is 14.5. The van der Waals surface area contributed by atoms with Crippen LogP contribution in [0, 0.1) is 0 Å². The molecule has 0 radical (unpaired) electrons. The zero-order chi connectivity index (χ0) is 17.0. The van der Waals surface area contributed by atoms with Crippen molar-refractivity contribution >= 4 is 46.5 Å². The molecule has 1 unspecified atom stereocenters. The van der Waals surface area contributed by atoms with Gasteiger partial charge in [-0.2, -0.15) is 0 Å². The maximum Gasteiger partial charge on any atom is 0.335 e. The summed E-state index contributed by atoms with van der Waals surface area (Å²) >= 11 is 18.2. The van der Waals surface area contributed by atoms with E-state index in [2.05, 4.69) is 11.9 Å². The minimum absolute atomic E-state index is 0.219. The molecule has 0 spiro atoms. The lowest BCUT2D eigenvalue weighted by Gasteiger charge is -2.22. The Kier molecular flexibility index (Phi) is 5.94. The second-order valence-electron chi connectivity index (χ2n) is 4.77. The number of carbonyl (C=O) groups is 1. The number of esters is 1. The molecule has 2 aromatic rings. The number of hydrogen-bond acceptors (Lipinski definition) is 3. The van der Waals surface area contributed by atoms with E-state index in [4.69, 9.17) is 39.5 Å². The number of hydrogen-bond donors (Lipinski definition) is 1. The average molecular weight is 371 g/mol. The van der Waals surface area contributed by atoms with Gasteiger partial charge in [0.2, 0.25) is 0 Å². The van der Waals surface area contributed by atoms with Gasteiger partial charge < -0.3 is 10.1 Å². The van der Waals surface area contributed by atoms with Gasteiger partial charge in [0.05, 0.1) is 18.7 Å². The van der Waals surface area contributed by atoms with Gasteiger partial charge in [-0.3, -0.25) is 0 Å². The molecule has 0 aromatic heterocycles. The van der Waals surface area contributed by atoms with Crippen LogP contribution >= 0.6 is 34.8 Å². The van der Waals surface area contributed by atoms with Crippen LogP contribution in [0.5, 0.6) is 0 Å². The molecule has 120 valence electrons. The molecule has 0 fully saturated rings. The second-order valence-corrected chi connectivity index (χ2v) is 6.05. The number of anilines is 1. The summed E-state index contributed by atoms with van der Waals surface area (Å²) in [6, 6.07) is 11.6. The Balaban J connectivity index is 2.43. The molecule has 2 rings (SSSR count). The Morgan fingerprint density at radius 3 is 2.43 bits per heavy atom. The Labute approximate surface area is 149 Å². The largest absolute Gasteiger partial charge is 0.466 e. The predicted molar refractivity (Wildman–Crippen MR) is 95.4 cm³/mol. The zero-order valence-electron chi connectivity index (χ0n) is 12.3. The molecular weight excluding hydrogens is 357 g/mol. The molecule has 0 aliphatic heterocycles. The lowest BCUT2D eigenvalue weighted by Crippen LogP contribution is -2.19. The monoisotopic (exact) mass is 369 g/mol. The third-order valence-electron chi connectivity index (χ3n) is 3.21. The van der Waals surface area contributed by atoms with Crippen molar-refractivity contribution in [3.63, 3.8) is 0 Å². The summed E-state index contributed by atoms with van der Waals surface area (Å²) in [6.07, 6.45) is 0. The number of nitrogens with one attached hydrogen (secondary N) is 1. The molecule has 0 aliphatic rings. The standard InChI is InChI=1S/C17H14Cl3NO2/c1-10(17(22)23-2)16(14-7-6-12(19)9-15(14)20)21-13-5-3-4-11(18)8-13/h3-9,16,21H,1H2,2H3. The van der Waals surface area contributed by atoms with E-state index >= 15 is 0 Å². The van der Waals surface area contributed by atoms with Crippen molar-refractivity contribution in [2.24, 2.45) is 0 Å². The Hall–Kier alpha value is -1.68. The fourth-order valence-electron chi connectivity index (χ4n) is 2.08. The Morgan fingerprint density at radius 2 is 1.83 bits per heavy atom. The predicted octanol–water partition coefficient (Wildman–Crippen LogP) is 5.53. The molecule has 0 amide bonds. The molecule has 0 bridgehead atoms. The molecule has 1 N–H and O–H groups in total.